The number of hydrogen-bond donors (Lipinski definition) is 0. The summed E-state index contributed by atoms with van der Waals surface area (Å²) in [4.78, 5) is 16.6. The minimum atomic E-state index is -0.476. The molecule has 5 rings (SSSR count). The van der Waals surface area contributed by atoms with Gasteiger partial charge < -0.3 is 18.6 Å². The van der Waals surface area contributed by atoms with Crippen molar-refractivity contribution in [2.75, 3.05) is 6.61 Å². The first-order valence-electron chi connectivity index (χ1n) is 11.1. The molecule has 0 saturated heterocycles. The summed E-state index contributed by atoms with van der Waals surface area (Å²) in [5.74, 6) is 1.06. The summed E-state index contributed by atoms with van der Waals surface area (Å²) in [5, 5.41) is 1.92. The van der Waals surface area contributed by atoms with Crippen molar-refractivity contribution < 1.29 is 23.4 Å². The molecule has 0 N–H and O–H groups in total. The Kier molecular flexibility index (Phi) is 6.12. The highest BCUT2D eigenvalue weighted by atomic mass is 16.5. The van der Waals surface area contributed by atoms with Crippen molar-refractivity contribution in [3.63, 3.8) is 0 Å². The maximum atomic E-state index is 12.0. The number of ether oxygens (including phenoxy) is 3. The third-order valence-electron chi connectivity index (χ3n) is 5.34. The van der Waals surface area contributed by atoms with E-state index in [2.05, 4.69) is 4.98 Å². The van der Waals surface area contributed by atoms with Crippen molar-refractivity contribution in [1.29, 1.82) is 0 Å². The molecule has 0 unspecified atom stereocenters. The van der Waals surface area contributed by atoms with Crippen molar-refractivity contribution in [2.24, 2.45) is 0 Å². The standard InChI is InChI=1S/C28H23NO5/c1-2-31-28(30)26-15-20-8-5-9-21(27(20)34-26)17-32-23-10-6-11-24(16-23)33-18-22-14-13-19-7-3-4-12-25(19)29-22/h3-16H,2,17-18H2,1H3. The number of carbonyl (C=O) groups is 1. The fraction of sp³-hybridized carbons (Fsp3) is 0.143. The molecule has 0 bridgehead atoms. The first-order chi connectivity index (χ1) is 16.7. The molecule has 170 valence electrons. The Morgan fingerprint density at radius 1 is 0.824 bits per heavy atom. The molecule has 0 aliphatic carbocycles. The van der Waals surface area contributed by atoms with Gasteiger partial charge in [-0.2, -0.15) is 0 Å². The maximum absolute atomic E-state index is 12.0. The highest BCUT2D eigenvalue weighted by Gasteiger charge is 2.15. The van der Waals surface area contributed by atoms with E-state index < -0.39 is 5.97 Å². The molecule has 0 spiro atoms. The number of nitrogens with zero attached hydrogens (tertiary/aromatic N) is 1. The zero-order valence-corrected chi connectivity index (χ0v) is 18.7. The van der Waals surface area contributed by atoms with E-state index in [9.17, 15) is 4.79 Å². The van der Waals surface area contributed by atoms with Gasteiger partial charge in [-0.3, -0.25) is 0 Å². The predicted octanol–water partition coefficient (Wildman–Crippen LogP) is 6.32. The summed E-state index contributed by atoms with van der Waals surface area (Å²) in [6, 6.07) is 26.9. The van der Waals surface area contributed by atoms with Gasteiger partial charge in [-0.15, -0.1) is 0 Å². The molecule has 0 amide bonds. The second-order valence-corrected chi connectivity index (χ2v) is 7.71. The summed E-state index contributed by atoms with van der Waals surface area (Å²) in [5.41, 5.74) is 3.24. The van der Waals surface area contributed by atoms with E-state index in [1.807, 2.05) is 78.9 Å². The van der Waals surface area contributed by atoms with Gasteiger partial charge in [-0.1, -0.05) is 48.5 Å². The third kappa shape index (κ3) is 4.71. The summed E-state index contributed by atoms with van der Waals surface area (Å²) >= 11 is 0. The van der Waals surface area contributed by atoms with E-state index in [-0.39, 0.29) is 12.4 Å². The molecule has 6 nitrogen and oxygen atoms in total. The molecular formula is C28H23NO5. The zero-order chi connectivity index (χ0) is 23.3. The number of pyridine rings is 1. The van der Waals surface area contributed by atoms with Crippen LogP contribution >= 0.6 is 0 Å². The molecule has 2 heterocycles. The minimum Gasteiger partial charge on any atom is -0.489 e. The van der Waals surface area contributed by atoms with Crippen molar-refractivity contribution in [2.45, 2.75) is 20.1 Å². The van der Waals surface area contributed by atoms with Crippen LogP contribution in [0.25, 0.3) is 21.9 Å². The van der Waals surface area contributed by atoms with Gasteiger partial charge in [0.1, 0.15) is 30.3 Å². The molecule has 3 aromatic carbocycles. The fourth-order valence-corrected chi connectivity index (χ4v) is 3.70. The number of para-hydroxylation sites is 2. The molecule has 34 heavy (non-hydrogen) atoms. The van der Waals surface area contributed by atoms with Gasteiger partial charge in [0.15, 0.2) is 0 Å². The van der Waals surface area contributed by atoms with Crippen LogP contribution in [0, 0.1) is 0 Å². The van der Waals surface area contributed by atoms with Crippen molar-refractivity contribution in [3.8, 4) is 11.5 Å². The lowest BCUT2D eigenvalue weighted by Crippen LogP contribution is -2.02. The summed E-state index contributed by atoms with van der Waals surface area (Å²) in [6.07, 6.45) is 0. The van der Waals surface area contributed by atoms with Crippen LogP contribution in [0.3, 0.4) is 0 Å². The second-order valence-electron chi connectivity index (χ2n) is 7.71. The molecule has 5 aromatic rings. The SMILES string of the molecule is CCOC(=O)c1cc2cccc(COc3cccc(OCc4ccc5ccccc5n4)c3)c2o1. The van der Waals surface area contributed by atoms with Gasteiger partial charge in [-0.05, 0) is 37.3 Å². The van der Waals surface area contributed by atoms with Crippen molar-refractivity contribution >= 4 is 27.8 Å². The number of benzene rings is 3. The molecular weight excluding hydrogens is 430 g/mol. The molecule has 0 radical (unpaired) electrons. The van der Waals surface area contributed by atoms with Crippen molar-refractivity contribution in [3.05, 3.63) is 102 Å². The van der Waals surface area contributed by atoms with Crippen LogP contribution in [-0.4, -0.2) is 17.6 Å². The zero-order valence-electron chi connectivity index (χ0n) is 18.7. The molecule has 2 aromatic heterocycles. The van der Waals surface area contributed by atoms with Crippen LogP contribution in [0.1, 0.15) is 28.7 Å². The van der Waals surface area contributed by atoms with E-state index in [4.69, 9.17) is 18.6 Å². The lowest BCUT2D eigenvalue weighted by atomic mass is 10.1. The quantitative estimate of drug-likeness (QED) is 0.256. The summed E-state index contributed by atoms with van der Waals surface area (Å²) < 4.78 is 22.7. The van der Waals surface area contributed by atoms with Gasteiger partial charge in [0.25, 0.3) is 0 Å². The number of aromatic nitrogens is 1. The normalized spacial score (nSPS) is 11.0. The van der Waals surface area contributed by atoms with Crippen LogP contribution in [-0.2, 0) is 18.0 Å². The van der Waals surface area contributed by atoms with Crippen LogP contribution in [0.2, 0.25) is 0 Å². The van der Waals surface area contributed by atoms with Gasteiger partial charge in [0, 0.05) is 22.4 Å². The van der Waals surface area contributed by atoms with E-state index in [1.165, 1.54) is 0 Å². The number of fused-ring (bicyclic) bond motifs is 2. The lowest BCUT2D eigenvalue weighted by molar-refractivity contribution is 0.0492. The maximum Gasteiger partial charge on any atom is 0.374 e. The van der Waals surface area contributed by atoms with E-state index in [1.54, 1.807) is 13.0 Å². The fourth-order valence-electron chi connectivity index (χ4n) is 3.70. The summed E-state index contributed by atoms with van der Waals surface area (Å²) in [6.45, 7) is 2.69. The van der Waals surface area contributed by atoms with Crippen LogP contribution < -0.4 is 9.47 Å². The first-order valence-corrected chi connectivity index (χ1v) is 11.1. The third-order valence-corrected chi connectivity index (χ3v) is 5.34. The smallest absolute Gasteiger partial charge is 0.374 e. The predicted molar refractivity (Wildman–Crippen MR) is 129 cm³/mol. The average molecular weight is 453 g/mol. The summed E-state index contributed by atoms with van der Waals surface area (Å²) in [7, 11) is 0. The number of furan rings is 1. The van der Waals surface area contributed by atoms with Crippen LogP contribution in [0.15, 0.2) is 89.3 Å². The largest absolute Gasteiger partial charge is 0.489 e. The van der Waals surface area contributed by atoms with Crippen LogP contribution in [0.4, 0.5) is 0 Å². The molecule has 0 aliphatic heterocycles. The monoisotopic (exact) mass is 453 g/mol. The molecule has 0 aliphatic rings. The van der Waals surface area contributed by atoms with E-state index >= 15 is 0 Å². The van der Waals surface area contributed by atoms with Crippen molar-refractivity contribution in [1.82, 2.24) is 4.98 Å². The Morgan fingerprint density at radius 2 is 1.59 bits per heavy atom. The van der Waals surface area contributed by atoms with E-state index in [0.717, 1.165) is 27.5 Å². The first kappa shape index (κ1) is 21.5. The number of hydrogen-bond acceptors (Lipinski definition) is 6. The van der Waals surface area contributed by atoms with Gasteiger partial charge in [0.05, 0.1) is 17.8 Å². The highest BCUT2D eigenvalue weighted by Crippen LogP contribution is 2.26. The van der Waals surface area contributed by atoms with Gasteiger partial charge in [-0.25, -0.2) is 9.78 Å². The topological polar surface area (TPSA) is 70.8 Å². The minimum absolute atomic E-state index is 0.182. The Labute approximate surface area is 196 Å². The Balaban J connectivity index is 1.26. The van der Waals surface area contributed by atoms with Gasteiger partial charge in [0.2, 0.25) is 5.76 Å². The number of carbonyl (C=O) groups excluding carboxylic acids is 1. The van der Waals surface area contributed by atoms with E-state index in [0.29, 0.717) is 30.3 Å². The molecule has 0 fully saturated rings. The Morgan fingerprint density at radius 3 is 2.44 bits per heavy atom. The van der Waals surface area contributed by atoms with Crippen LogP contribution in [0.5, 0.6) is 11.5 Å². The highest BCUT2D eigenvalue weighted by molar-refractivity contribution is 5.93. The van der Waals surface area contributed by atoms with Gasteiger partial charge >= 0.3 is 5.97 Å². The molecule has 0 atom stereocenters. The lowest BCUT2D eigenvalue weighted by Gasteiger charge is -2.10. The Bertz CT molecular complexity index is 1460. The molecule has 0 saturated carbocycles. The molecule has 6 heteroatoms. The number of rotatable bonds is 8. The Hall–Kier alpha value is -4.32. The second kappa shape index (κ2) is 9.67. The number of esters is 1. The average Bonchev–Trinajstić information content (AvgIpc) is 3.32.